The summed E-state index contributed by atoms with van der Waals surface area (Å²) in [6.07, 6.45) is 0.0475. The van der Waals surface area contributed by atoms with E-state index in [2.05, 4.69) is 0 Å². The van der Waals surface area contributed by atoms with Crippen molar-refractivity contribution in [2.75, 3.05) is 0 Å². The molecule has 0 bridgehead atoms. The number of ketones is 2. The molecule has 14 heavy (non-hydrogen) atoms. The minimum Gasteiger partial charge on any atom is -0.353 e. The lowest BCUT2D eigenvalue weighted by Gasteiger charge is -2.15. The quantitative estimate of drug-likeness (QED) is 0.646. The van der Waals surface area contributed by atoms with Crippen LogP contribution >= 0.6 is 0 Å². The van der Waals surface area contributed by atoms with Gasteiger partial charge in [0.15, 0.2) is 11.6 Å². The van der Waals surface area contributed by atoms with E-state index >= 15 is 0 Å². The molecule has 1 saturated heterocycles. The monoisotopic (exact) mass is 198 g/mol. The van der Waals surface area contributed by atoms with Crippen LogP contribution in [0.15, 0.2) is 0 Å². The number of hydrogen-bond donors (Lipinski definition) is 0. The molecule has 1 aliphatic heterocycles. The van der Waals surface area contributed by atoms with Gasteiger partial charge in [-0.1, -0.05) is 27.7 Å². The molecule has 80 valence electrons. The predicted molar refractivity (Wildman–Crippen MR) is 53.0 cm³/mol. The first-order valence-electron chi connectivity index (χ1n) is 5.06. The highest BCUT2D eigenvalue weighted by Gasteiger charge is 2.49. The molecule has 1 aliphatic rings. The summed E-state index contributed by atoms with van der Waals surface area (Å²) in [6.45, 7) is 7.80. The maximum atomic E-state index is 11.6. The predicted octanol–water partition coefficient (Wildman–Crippen LogP) is 1.74. The van der Waals surface area contributed by atoms with E-state index in [4.69, 9.17) is 4.74 Å². The molecule has 3 nitrogen and oxygen atoms in total. The van der Waals surface area contributed by atoms with Gasteiger partial charge >= 0.3 is 0 Å². The molecule has 0 saturated carbocycles. The third kappa shape index (κ3) is 2.91. The fourth-order valence-corrected chi connectivity index (χ4v) is 1.43. The molecule has 1 heterocycles. The second-order valence-corrected chi connectivity index (χ2v) is 5.00. The fraction of sp³-hybridized carbons (Fsp3) is 0.818. The van der Waals surface area contributed by atoms with Crippen LogP contribution in [-0.2, 0) is 14.3 Å². The summed E-state index contributed by atoms with van der Waals surface area (Å²) in [5.74, 6) is 0.0987. The molecule has 1 rings (SSSR count). The van der Waals surface area contributed by atoms with Gasteiger partial charge in [0.1, 0.15) is 12.2 Å². The van der Waals surface area contributed by atoms with Crippen molar-refractivity contribution in [3.05, 3.63) is 0 Å². The van der Waals surface area contributed by atoms with Crippen LogP contribution in [0.25, 0.3) is 0 Å². The van der Waals surface area contributed by atoms with E-state index in [1.54, 1.807) is 6.92 Å². The highest BCUT2D eigenvalue weighted by molar-refractivity contribution is 5.96. The standard InChI is InChI=1S/C11H18O3/c1-5-7(12)9-10(14-9)8(13)6-11(2,3)4/h9-10H,5-6H2,1-4H3. The van der Waals surface area contributed by atoms with Gasteiger partial charge in [-0.2, -0.15) is 0 Å². The maximum absolute atomic E-state index is 11.6. The Bertz CT molecular complexity index is 250. The van der Waals surface area contributed by atoms with E-state index in [9.17, 15) is 9.59 Å². The van der Waals surface area contributed by atoms with Crippen LogP contribution < -0.4 is 0 Å². The summed E-state index contributed by atoms with van der Waals surface area (Å²) in [5.41, 5.74) is -0.0250. The van der Waals surface area contributed by atoms with Crippen LogP contribution in [0.4, 0.5) is 0 Å². The van der Waals surface area contributed by atoms with Crippen molar-refractivity contribution in [3.63, 3.8) is 0 Å². The zero-order valence-electron chi connectivity index (χ0n) is 9.29. The van der Waals surface area contributed by atoms with Gasteiger partial charge in [-0.15, -0.1) is 0 Å². The topological polar surface area (TPSA) is 46.7 Å². The number of carbonyl (C=O) groups is 2. The van der Waals surface area contributed by atoms with Gasteiger partial charge in [0.05, 0.1) is 0 Å². The van der Waals surface area contributed by atoms with Crippen molar-refractivity contribution in [1.29, 1.82) is 0 Å². The van der Waals surface area contributed by atoms with E-state index in [-0.39, 0.29) is 17.0 Å². The van der Waals surface area contributed by atoms with E-state index in [1.807, 2.05) is 20.8 Å². The van der Waals surface area contributed by atoms with Crippen LogP contribution in [0, 0.1) is 5.41 Å². The molecule has 0 amide bonds. The van der Waals surface area contributed by atoms with Crippen molar-refractivity contribution in [2.24, 2.45) is 5.41 Å². The van der Waals surface area contributed by atoms with Gasteiger partial charge in [-0.05, 0) is 5.41 Å². The van der Waals surface area contributed by atoms with Crippen LogP contribution in [0.2, 0.25) is 0 Å². The summed E-state index contributed by atoms with van der Waals surface area (Å²) in [6, 6.07) is 0. The first-order chi connectivity index (χ1) is 6.35. The highest BCUT2D eigenvalue weighted by atomic mass is 16.6. The molecule has 0 aliphatic carbocycles. The number of epoxide rings is 1. The average molecular weight is 198 g/mol. The Hall–Kier alpha value is -0.700. The van der Waals surface area contributed by atoms with Gasteiger partial charge in [-0.25, -0.2) is 0 Å². The van der Waals surface area contributed by atoms with Crippen molar-refractivity contribution in [1.82, 2.24) is 0 Å². The number of carbonyl (C=O) groups excluding carboxylic acids is 2. The maximum Gasteiger partial charge on any atom is 0.165 e. The summed E-state index contributed by atoms with van der Waals surface area (Å²) in [5, 5.41) is 0. The fourth-order valence-electron chi connectivity index (χ4n) is 1.43. The lowest BCUT2D eigenvalue weighted by Crippen LogP contribution is -2.20. The largest absolute Gasteiger partial charge is 0.353 e. The molecule has 2 atom stereocenters. The minimum absolute atomic E-state index is 0.0250. The molecular formula is C11H18O3. The molecule has 0 aromatic rings. The lowest BCUT2D eigenvalue weighted by atomic mass is 9.88. The lowest BCUT2D eigenvalue weighted by molar-refractivity contribution is -0.123. The van der Waals surface area contributed by atoms with Crippen LogP contribution in [0.3, 0.4) is 0 Å². The van der Waals surface area contributed by atoms with E-state index in [1.165, 1.54) is 0 Å². The molecule has 2 unspecified atom stereocenters. The van der Waals surface area contributed by atoms with E-state index < -0.39 is 12.2 Å². The van der Waals surface area contributed by atoms with E-state index in [0.29, 0.717) is 12.8 Å². The molecule has 0 N–H and O–H groups in total. The summed E-state index contributed by atoms with van der Waals surface area (Å²) >= 11 is 0. The molecule has 0 aromatic heterocycles. The average Bonchev–Trinajstić information content (AvgIpc) is 2.78. The van der Waals surface area contributed by atoms with Crippen molar-refractivity contribution in [3.8, 4) is 0 Å². The first-order valence-corrected chi connectivity index (χ1v) is 5.06. The van der Waals surface area contributed by atoms with Crippen LogP contribution in [0.5, 0.6) is 0 Å². The smallest absolute Gasteiger partial charge is 0.165 e. The van der Waals surface area contributed by atoms with Crippen molar-refractivity contribution >= 4 is 11.6 Å². The summed E-state index contributed by atoms with van der Waals surface area (Å²) < 4.78 is 5.08. The third-order valence-corrected chi connectivity index (χ3v) is 2.18. The number of rotatable bonds is 4. The highest BCUT2D eigenvalue weighted by Crippen LogP contribution is 2.30. The Kier molecular flexibility index (Phi) is 3.10. The molecule has 0 aromatic carbocycles. The zero-order chi connectivity index (χ0) is 10.9. The third-order valence-electron chi connectivity index (χ3n) is 2.18. The van der Waals surface area contributed by atoms with Crippen LogP contribution in [-0.4, -0.2) is 23.8 Å². The number of ether oxygens (including phenoxy) is 1. The van der Waals surface area contributed by atoms with Crippen LogP contribution in [0.1, 0.15) is 40.5 Å². The second kappa shape index (κ2) is 3.81. The van der Waals surface area contributed by atoms with E-state index in [0.717, 1.165) is 0 Å². The second-order valence-electron chi connectivity index (χ2n) is 5.00. The zero-order valence-corrected chi connectivity index (χ0v) is 9.29. The first kappa shape index (κ1) is 11.4. The van der Waals surface area contributed by atoms with Crippen molar-refractivity contribution in [2.45, 2.75) is 52.7 Å². The molecule has 0 spiro atoms. The van der Waals surface area contributed by atoms with Gasteiger partial charge in [0, 0.05) is 12.8 Å². The Morgan fingerprint density at radius 2 is 1.64 bits per heavy atom. The van der Waals surface area contributed by atoms with Gasteiger partial charge in [-0.3, -0.25) is 9.59 Å². The van der Waals surface area contributed by atoms with Gasteiger partial charge < -0.3 is 4.74 Å². The number of Topliss-reactive ketones (excluding diaryl/α,β-unsaturated/α-hetero) is 2. The molecule has 3 heteroatoms. The molecule has 1 fully saturated rings. The Labute approximate surface area is 84.8 Å². The van der Waals surface area contributed by atoms with Gasteiger partial charge in [0.2, 0.25) is 0 Å². The number of hydrogen-bond acceptors (Lipinski definition) is 3. The SMILES string of the molecule is CCC(=O)C1OC1C(=O)CC(C)(C)C. The Morgan fingerprint density at radius 3 is 2.07 bits per heavy atom. The van der Waals surface area contributed by atoms with Crippen molar-refractivity contribution < 1.29 is 14.3 Å². The normalized spacial score (nSPS) is 26.0. The molecular weight excluding hydrogens is 180 g/mol. The summed E-state index contributed by atoms with van der Waals surface area (Å²) in [4.78, 5) is 22.8. The van der Waals surface area contributed by atoms with Gasteiger partial charge in [0.25, 0.3) is 0 Å². The minimum atomic E-state index is -0.443. The molecule has 0 radical (unpaired) electrons. The summed E-state index contributed by atoms with van der Waals surface area (Å²) in [7, 11) is 0. The Morgan fingerprint density at radius 1 is 1.14 bits per heavy atom. The Balaban J connectivity index is 2.40.